The SMILES string of the molecule is CCOc1cc(CN2CCN(C(=O)c3ccc(F)cc3)CC2)ccc1OC.O=C(O)C(=O)O. The molecule has 178 valence electrons. The Morgan fingerprint density at radius 2 is 1.55 bits per heavy atom. The largest absolute Gasteiger partial charge is 0.493 e. The number of ether oxygens (including phenoxy) is 2. The van der Waals surface area contributed by atoms with Crippen LogP contribution in [0.15, 0.2) is 42.5 Å². The van der Waals surface area contributed by atoms with Crippen molar-refractivity contribution in [1.29, 1.82) is 0 Å². The van der Waals surface area contributed by atoms with E-state index < -0.39 is 11.9 Å². The number of nitrogens with zero attached hydrogens (tertiary/aromatic N) is 2. The molecule has 0 unspecified atom stereocenters. The van der Waals surface area contributed by atoms with Crippen LogP contribution >= 0.6 is 0 Å². The molecule has 3 rings (SSSR count). The molecule has 0 radical (unpaired) electrons. The summed E-state index contributed by atoms with van der Waals surface area (Å²) in [5.74, 6) is -2.54. The van der Waals surface area contributed by atoms with Crippen LogP contribution in [0, 0.1) is 5.82 Å². The van der Waals surface area contributed by atoms with E-state index in [1.54, 1.807) is 7.11 Å². The zero-order chi connectivity index (χ0) is 24.4. The van der Waals surface area contributed by atoms with Gasteiger partial charge in [-0.05, 0) is 48.9 Å². The lowest BCUT2D eigenvalue weighted by atomic mass is 10.1. The van der Waals surface area contributed by atoms with Crippen LogP contribution < -0.4 is 9.47 Å². The van der Waals surface area contributed by atoms with E-state index in [4.69, 9.17) is 29.3 Å². The number of carboxylic acid groups (broad SMARTS) is 2. The molecule has 0 bridgehead atoms. The van der Waals surface area contributed by atoms with E-state index in [1.807, 2.05) is 30.0 Å². The molecule has 1 aliphatic heterocycles. The van der Waals surface area contributed by atoms with E-state index in [2.05, 4.69) is 4.90 Å². The Bertz CT molecular complexity index is 946. The molecule has 33 heavy (non-hydrogen) atoms. The highest BCUT2D eigenvalue weighted by atomic mass is 19.1. The molecule has 2 aromatic carbocycles. The van der Waals surface area contributed by atoms with Gasteiger partial charge in [0.15, 0.2) is 11.5 Å². The van der Waals surface area contributed by atoms with Crippen LogP contribution in [0.1, 0.15) is 22.8 Å². The summed E-state index contributed by atoms with van der Waals surface area (Å²) in [5.41, 5.74) is 1.68. The monoisotopic (exact) mass is 462 g/mol. The third-order valence-electron chi connectivity index (χ3n) is 4.87. The molecule has 2 N–H and O–H groups in total. The number of hydrogen-bond acceptors (Lipinski definition) is 6. The first-order valence-electron chi connectivity index (χ1n) is 10.3. The highest BCUT2D eigenvalue weighted by molar-refractivity contribution is 6.27. The van der Waals surface area contributed by atoms with Gasteiger partial charge in [-0.2, -0.15) is 0 Å². The first-order valence-corrected chi connectivity index (χ1v) is 10.3. The number of carboxylic acids is 2. The lowest BCUT2D eigenvalue weighted by Gasteiger charge is -2.34. The number of hydrogen-bond donors (Lipinski definition) is 2. The summed E-state index contributed by atoms with van der Waals surface area (Å²) in [6.45, 7) is 6.23. The molecule has 0 aliphatic carbocycles. The van der Waals surface area contributed by atoms with Crippen LogP contribution in [0.3, 0.4) is 0 Å². The standard InChI is InChI=1S/C21H25FN2O3.C2H2O4/c1-3-27-20-14-16(4-9-19(20)26-2)15-23-10-12-24(13-11-23)21(25)17-5-7-18(22)8-6-17;3-1(4)2(5)6/h4-9,14H,3,10-13,15H2,1-2H3;(H,3,4)(H,5,6). The first kappa shape index (κ1) is 25.6. The molecule has 2 aromatic rings. The predicted octanol–water partition coefficient (Wildman–Crippen LogP) is 2.35. The molecule has 1 heterocycles. The fourth-order valence-electron chi connectivity index (χ4n) is 3.23. The maximum Gasteiger partial charge on any atom is 0.414 e. The number of aliphatic carboxylic acids is 2. The number of carbonyl (C=O) groups is 3. The minimum atomic E-state index is -1.82. The highest BCUT2D eigenvalue weighted by Crippen LogP contribution is 2.28. The Labute approximate surface area is 190 Å². The van der Waals surface area contributed by atoms with Gasteiger partial charge in [0, 0.05) is 38.3 Å². The van der Waals surface area contributed by atoms with Crippen LogP contribution in [0.2, 0.25) is 0 Å². The van der Waals surface area contributed by atoms with Gasteiger partial charge in [-0.3, -0.25) is 9.69 Å². The number of rotatable bonds is 6. The van der Waals surface area contributed by atoms with Crippen molar-refractivity contribution in [2.45, 2.75) is 13.5 Å². The lowest BCUT2D eigenvalue weighted by molar-refractivity contribution is -0.159. The molecule has 10 heteroatoms. The minimum absolute atomic E-state index is 0.0438. The Hall–Kier alpha value is -3.66. The molecule has 1 saturated heterocycles. The van der Waals surface area contributed by atoms with Gasteiger partial charge < -0.3 is 24.6 Å². The second-order valence-electron chi connectivity index (χ2n) is 7.10. The van der Waals surface area contributed by atoms with Gasteiger partial charge in [-0.15, -0.1) is 0 Å². The highest BCUT2D eigenvalue weighted by Gasteiger charge is 2.22. The molecule has 0 atom stereocenters. The first-order chi connectivity index (χ1) is 15.7. The van der Waals surface area contributed by atoms with Crippen molar-refractivity contribution < 1.29 is 38.5 Å². The van der Waals surface area contributed by atoms with Crippen molar-refractivity contribution in [2.75, 3.05) is 39.9 Å². The van der Waals surface area contributed by atoms with E-state index in [0.29, 0.717) is 25.3 Å². The fraction of sp³-hybridized carbons (Fsp3) is 0.348. The molecule has 0 saturated carbocycles. The van der Waals surface area contributed by atoms with Crippen molar-refractivity contribution in [1.82, 2.24) is 9.80 Å². The third-order valence-corrected chi connectivity index (χ3v) is 4.87. The molecule has 0 aromatic heterocycles. The molecular formula is C23H27FN2O7. The van der Waals surface area contributed by atoms with Gasteiger partial charge in [0.1, 0.15) is 5.82 Å². The van der Waals surface area contributed by atoms with Crippen molar-refractivity contribution in [3.05, 3.63) is 59.4 Å². The van der Waals surface area contributed by atoms with Crippen molar-refractivity contribution in [2.24, 2.45) is 0 Å². The number of halogens is 1. The van der Waals surface area contributed by atoms with E-state index in [1.165, 1.54) is 24.3 Å². The van der Waals surface area contributed by atoms with E-state index >= 15 is 0 Å². The second kappa shape index (κ2) is 12.4. The fourth-order valence-corrected chi connectivity index (χ4v) is 3.23. The van der Waals surface area contributed by atoms with Crippen LogP contribution in [0.4, 0.5) is 4.39 Å². The summed E-state index contributed by atoms with van der Waals surface area (Å²) in [5, 5.41) is 14.8. The van der Waals surface area contributed by atoms with Gasteiger partial charge in [0.2, 0.25) is 0 Å². The Morgan fingerprint density at radius 3 is 2.06 bits per heavy atom. The summed E-state index contributed by atoms with van der Waals surface area (Å²) in [7, 11) is 1.63. The zero-order valence-electron chi connectivity index (χ0n) is 18.5. The quantitative estimate of drug-likeness (QED) is 0.629. The lowest BCUT2D eigenvalue weighted by Crippen LogP contribution is -2.48. The van der Waals surface area contributed by atoms with Gasteiger partial charge >= 0.3 is 11.9 Å². The Kier molecular flexibility index (Phi) is 9.62. The predicted molar refractivity (Wildman–Crippen MR) is 117 cm³/mol. The molecule has 1 amide bonds. The number of carbonyl (C=O) groups excluding carboxylic acids is 1. The summed E-state index contributed by atoms with van der Waals surface area (Å²) in [6.07, 6.45) is 0. The van der Waals surface area contributed by atoms with E-state index in [0.717, 1.165) is 36.7 Å². The van der Waals surface area contributed by atoms with Crippen LogP contribution in [-0.2, 0) is 16.1 Å². The van der Waals surface area contributed by atoms with Crippen molar-refractivity contribution in [3.63, 3.8) is 0 Å². The van der Waals surface area contributed by atoms with Crippen molar-refractivity contribution >= 4 is 17.8 Å². The molecule has 9 nitrogen and oxygen atoms in total. The third kappa shape index (κ3) is 7.76. The normalized spacial score (nSPS) is 13.5. The summed E-state index contributed by atoms with van der Waals surface area (Å²) >= 11 is 0. The van der Waals surface area contributed by atoms with Crippen molar-refractivity contribution in [3.8, 4) is 11.5 Å². The Balaban J connectivity index is 0.000000569. The summed E-state index contributed by atoms with van der Waals surface area (Å²) in [6, 6.07) is 11.7. The van der Waals surface area contributed by atoms with Gasteiger partial charge in [-0.1, -0.05) is 6.07 Å². The average molecular weight is 462 g/mol. The zero-order valence-corrected chi connectivity index (χ0v) is 18.5. The van der Waals surface area contributed by atoms with Crippen LogP contribution in [-0.4, -0.2) is 77.8 Å². The molecule has 1 fully saturated rings. The summed E-state index contributed by atoms with van der Waals surface area (Å²) < 4.78 is 24.0. The van der Waals surface area contributed by atoms with Crippen LogP contribution in [0.25, 0.3) is 0 Å². The topological polar surface area (TPSA) is 117 Å². The number of amides is 1. The maximum atomic E-state index is 13.0. The molecule has 0 spiro atoms. The van der Waals surface area contributed by atoms with Gasteiger partial charge in [-0.25, -0.2) is 14.0 Å². The number of benzene rings is 2. The number of piperazine rings is 1. The number of methoxy groups -OCH3 is 1. The van der Waals surface area contributed by atoms with Crippen LogP contribution in [0.5, 0.6) is 11.5 Å². The Morgan fingerprint density at radius 1 is 0.939 bits per heavy atom. The van der Waals surface area contributed by atoms with Gasteiger partial charge in [0.25, 0.3) is 5.91 Å². The smallest absolute Gasteiger partial charge is 0.414 e. The molecular weight excluding hydrogens is 435 g/mol. The second-order valence-corrected chi connectivity index (χ2v) is 7.10. The average Bonchev–Trinajstić information content (AvgIpc) is 2.80. The van der Waals surface area contributed by atoms with E-state index in [-0.39, 0.29) is 11.7 Å². The minimum Gasteiger partial charge on any atom is -0.493 e. The summed E-state index contributed by atoms with van der Waals surface area (Å²) in [4.78, 5) is 34.9. The molecule has 1 aliphatic rings. The van der Waals surface area contributed by atoms with Gasteiger partial charge in [0.05, 0.1) is 13.7 Å². The van der Waals surface area contributed by atoms with E-state index in [9.17, 15) is 9.18 Å². The maximum absolute atomic E-state index is 13.0.